The number of benzene rings is 1. The van der Waals surface area contributed by atoms with Gasteiger partial charge in [-0.25, -0.2) is 4.98 Å². The Hall–Kier alpha value is -2.47. The Morgan fingerprint density at radius 2 is 1.92 bits per heavy atom. The van der Waals surface area contributed by atoms with E-state index in [1.165, 1.54) is 0 Å². The lowest BCUT2D eigenvalue weighted by atomic mass is 9.95. The van der Waals surface area contributed by atoms with Crippen LogP contribution in [0, 0.1) is 6.92 Å². The van der Waals surface area contributed by atoms with E-state index in [-0.39, 0.29) is 6.04 Å². The molecule has 0 unspecified atom stereocenters. The summed E-state index contributed by atoms with van der Waals surface area (Å²) in [5.74, 6) is 3.45. The number of likely N-dealkylation sites (tertiary alicyclic amines) is 1. The lowest BCUT2D eigenvalue weighted by Gasteiger charge is -2.33. The molecule has 1 aliphatic heterocycles. The summed E-state index contributed by atoms with van der Waals surface area (Å²) in [7, 11) is 0. The fourth-order valence-electron chi connectivity index (χ4n) is 3.40. The third-order valence-corrected chi connectivity index (χ3v) is 4.92. The van der Waals surface area contributed by atoms with Gasteiger partial charge < -0.3 is 8.94 Å². The molecule has 6 heteroatoms. The van der Waals surface area contributed by atoms with E-state index in [9.17, 15) is 0 Å². The average Bonchev–Trinajstić information content (AvgIpc) is 3.31. The van der Waals surface area contributed by atoms with Crippen LogP contribution in [-0.4, -0.2) is 33.1 Å². The van der Waals surface area contributed by atoms with Crippen LogP contribution in [-0.2, 0) is 0 Å². The molecule has 25 heavy (non-hydrogen) atoms. The van der Waals surface area contributed by atoms with Crippen LogP contribution in [0.3, 0.4) is 0 Å². The first kappa shape index (κ1) is 16.0. The maximum absolute atomic E-state index is 6.01. The fraction of sp³-hybridized carbons (Fsp3) is 0.421. The van der Waals surface area contributed by atoms with Gasteiger partial charge in [0.2, 0.25) is 11.8 Å². The van der Waals surface area contributed by atoms with E-state index in [1.807, 2.05) is 43.5 Å². The van der Waals surface area contributed by atoms with Crippen LogP contribution in [0.1, 0.15) is 49.3 Å². The van der Waals surface area contributed by atoms with Crippen molar-refractivity contribution in [3.63, 3.8) is 0 Å². The first-order valence-corrected chi connectivity index (χ1v) is 8.76. The summed E-state index contributed by atoms with van der Waals surface area (Å²) in [4.78, 5) is 11.3. The Kier molecular flexibility index (Phi) is 4.36. The molecule has 1 fully saturated rings. The number of rotatable bonds is 4. The third-order valence-electron chi connectivity index (χ3n) is 4.92. The van der Waals surface area contributed by atoms with E-state index in [0.29, 0.717) is 11.8 Å². The second kappa shape index (κ2) is 6.80. The monoisotopic (exact) mass is 338 g/mol. The van der Waals surface area contributed by atoms with Gasteiger partial charge in [-0.15, -0.1) is 0 Å². The van der Waals surface area contributed by atoms with Crippen molar-refractivity contribution in [2.75, 3.05) is 13.1 Å². The van der Waals surface area contributed by atoms with Gasteiger partial charge in [-0.2, -0.15) is 4.98 Å². The van der Waals surface area contributed by atoms with Crippen LogP contribution in [0.2, 0.25) is 0 Å². The van der Waals surface area contributed by atoms with Gasteiger partial charge in [0.25, 0.3) is 0 Å². The molecule has 0 amide bonds. The normalized spacial score (nSPS) is 17.7. The van der Waals surface area contributed by atoms with E-state index in [0.717, 1.165) is 49.0 Å². The summed E-state index contributed by atoms with van der Waals surface area (Å²) in [5.41, 5.74) is 1.06. The van der Waals surface area contributed by atoms with Crippen LogP contribution in [0.5, 0.6) is 0 Å². The zero-order valence-electron chi connectivity index (χ0n) is 14.6. The Labute approximate surface area is 146 Å². The fourth-order valence-corrected chi connectivity index (χ4v) is 3.40. The van der Waals surface area contributed by atoms with Crippen molar-refractivity contribution in [3.8, 4) is 11.3 Å². The summed E-state index contributed by atoms with van der Waals surface area (Å²) in [5, 5.41) is 4.07. The zero-order chi connectivity index (χ0) is 17.2. The Morgan fingerprint density at radius 1 is 1.16 bits per heavy atom. The van der Waals surface area contributed by atoms with Crippen LogP contribution in [0.15, 0.2) is 45.5 Å². The second-order valence-electron chi connectivity index (χ2n) is 6.59. The Balaban J connectivity index is 1.41. The highest BCUT2D eigenvalue weighted by Crippen LogP contribution is 2.32. The number of piperidine rings is 1. The highest BCUT2D eigenvalue weighted by atomic mass is 16.5. The highest BCUT2D eigenvalue weighted by molar-refractivity contribution is 5.55. The molecular weight excluding hydrogens is 316 g/mol. The van der Waals surface area contributed by atoms with Crippen molar-refractivity contribution in [2.24, 2.45) is 0 Å². The lowest BCUT2D eigenvalue weighted by Crippen LogP contribution is -2.35. The second-order valence-corrected chi connectivity index (χ2v) is 6.59. The van der Waals surface area contributed by atoms with Gasteiger partial charge in [0.05, 0.1) is 12.2 Å². The standard InChI is InChI=1S/C19H22N4O2/c1-13(19-20-12-17(24-19)15-6-4-3-5-7-15)23-10-8-16(9-11-23)18-21-14(2)25-22-18/h3-7,12-13,16H,8-11H2,1-2H3/t13-/m1/s1. The van der Waals surface area contributed by atoms with Gasteiger partial charge >= 0.3 is 0 Å². The summed E-state index contributed by atoms with van der Waals surface area (Å²) >= 11 is 0. The first-order chi connectivity index (χ1) is 12.2. The van der Waals surface area contributed by atoms with E-state index >= 15 is 0 Å². The third kappa shape index (κ3) is 3.35. The molecule has 0 spiro atoms. The van der Waals surface area contributed by atoms with E-state index in [1.54, 1.807) is 0 Å². The molecule has 0 radical (unpaired) electrons. The van der Waals surface area contributed by atoms with Crippen molar-refractivity contribution >= 4 is 0 Å². The van der Waals surface area contributed by atoms with Gasteiger partial charge in [0, 0.05) is 18.4 Å². The Bertz CT molecular complexity index is 819. The SMILES string of the molecule is Cc1nc(C2CCN([C@H](C)c3ncc(-c4ccccc4)o3)CC2)no1. The van der Waals surface area contributed by atoms with Crippen LogP contribution in [0.25, 0.3) is 11.3 Å². The number of aryl methyl sites for hydroxylation is 1. The van der Waals surface area contributed by atoms with Crippen LogP contribution >= 0.6 is 0 Å². The molecule has 0 saturated carbocycles. The molecule has 0 aliphatic carbocycles. The predicted molar refractivity (Wildman–Crippen MR) is 92.9 cm³/mol. The molecule has 4 rings (SSSR count). The van der Waals surface area contributed by atoms with Crippen molar-refractivity contribution in [2.45, 2.75) is 38.6 Å². The topological polar surface area (TPSA) is 68.2 Å². The number of oxazole rings is 1. The first-order valence-electron chi connectivity index (χ1n) is 8.76. The van der Waals surface area contributed by atoms with Gasteiger partial charge in [0.15, 0.2) is 11.6 Å². The lowest BCUT2D eigenvalue weighted by molar-refractivity contribution is 0.141. The molecule has 1 aromatic carbocycles. The van der Waals surface area contributed by atoms with Gasteiger partial charge in [-0.1, -0.05) is 35.5 Å². The predicted octanol–water partition coefficient (Wildman–Crippen LogP) is 3.97. The molecule has 1 aliphatic rings. The maximum Gasteiger partial charge on any atom is 0.223 e. The van der Waals surface area contributed by atoms with Crippen molar-refractivity contribution in [3.05, 3.63) is 54.1 Å². The minimum Gasteiger partial charge on any atom is -0.439 e. The minimum absolute atomic E-state index is 0.158. The number of nitrogens with zero attached hydrogens (tertiary/aromatic N) is 4. The molecule has 3 heterocycles. The van der Waals surface area contributed by atoms with Crippen molar-refractivity contribution in [1.29, 1.82) is 0 Å². The zero-order valence-corrected chi connectivity index (χ0v) is 14.6. The molecule has 6 nitrogen and oxygen atoms in total. The smallest absolute Gasteiger partial charge is 0.223 e. The largest absolute Gasteiger partial charge is 0.439 e. The van der Waals surface area contributed by atoms with Gasteiger partial charge in [-0.05, 0) is 32.9 Å². The Morgan fingerprint density at radius 3 is 2.60 bits per heavy atom. The van der Waals surface area contributed by atoms with Crippen LogP contribution in [0.4, 0.5) is 0 Å². The molecule has 1 atom stereocenters. The average molecular weight is 338 g/mol. The molecule has 3 aromatic rings. The molecule has 2 aromatic heterocycles. The molecule has 0 N–H and O–H groups in total. The summed E-state index contributed by atoms with van der Waals surface area (Å²) in [6.07, 6.45) is 3.86. The number of hydrogen-bond acceptors (Lipinski definition) is 6. The number of hydrogen-bond donors (Lipinski definition) is 0. The highest BCUT2D eigenvalue weighted by Gasteiger charge is 2.28. The van der Waals surface area contributed by atoms with E-state index in [2.05, 4.69) is 26.9 Å². The summed E-state index contributed by atoms with van der Waals surface area (Å²) < 4.78 is 11.1. The number of aromatic nitrogens is 3. The van der Waals surface area contributed by atoms with E-state index < -0.39 is 0 Å². The summed E-state index contributed by atoms with van der Waals surface area (Å²) in [6, 6.07) is 10.2. The van der Waals surface area contributed by atoms with Gasteiger partial charge in [0.1, 0.15) is 0 Å². The van der Waals surface area contributed by atoms with E-state index in [4.69, 9.17) is 8.94 Å². The van der Waals surface area contributed by atoms with Crippen LogP contribution < -0.4 is 0 Å². The van der Waals surface area contributed by atoms with Crippen molar-refractivity contribution in [1.82, 2.24) is 20.0 Å². The minimum atomic E-state index is 0.158. The summed E-state index contributed by atoms with van der Waals surface area (Å²) in [6.45, 7) is 5.94. The molecular formula is C19H22N4O2. The molecule has 1 saturated heterocycles. The quantitative estimate of drug-likeness (QED) is 0.717. The molecule has 130 valence electrons. The maximum atomic E-state index is 6.01. The molecule has 0 bridgehead atoms. The van der Waals surface area contributed by atoms with Gasteiger partial charge in [-0.3, -0.25) is 4.90 Å². The van der Waals surface area contributed by atoms with Crippen molar-refractivity contribution < 1.29 is 8.94 Å².